The van der Waals surface area contributed by atoms with Crippen molar-refractivity contribution in [1.29, 1.82) is 5.26 Å². The van der Waals surface area contributed by atoms with Crippen LogP contribution in [-0.4, -0.2) is 81.0 Å². The summed E-state index contributed by atoms with van der Waals surface area (Å²) in [6.45, 7) is 3.87. The number of rotatable bonds is 10. The fourth-order valence-corrected chi connectivity index (χ4v) is 7.61. The van der Waals surface area contributed by atoms with Crippen molar-refractivity contribution in [3.8, 4) is 11.8 Å². The van der Waals surface area contributed by atoms with Gasteiger partial charge in [0, 0.05) is 39.0 Å². The molecule has 5 rings (SSSR count). The first-order valence-corrected chi connectivity index (χ1v) is 15.4. The Labute approximate surface area is 239 Å². The summed E-state index contributed by atoms with van der Waals surface area (Å²) in [6, 6.07) is 7.85. The number of aryl methyl sites for hydroxylation is 1. The van der Waals surface area contributed by atoms with Gasteiger partial charge >= 0.3 is 0 Å². The first-order chi connectivity index (χ1) is 19.2. The monoisotopic (exact) mass is 591 g/mol. The van der Waals surface area contributed by atoms with Crippen LogP contribution >= 0.6 is 11.6 Å². The molecule has 1 saturated carbocycles. The molecule has 0 spiro atoms. The summed E-state index contributed by atoms with van der Waals surface area (Å²) in [7, 11) is -2.37. The van der Waals surface area contributed by atoms with E-state index in [9.17, 15) is 18.5 Å². The molecule has 1 N–H and O–H groups in total. The Balaban J connectivity index is 1.45. The van der Waals surface area contributed by atoms with Crippen LogP contribution in [0.15, 0.2) is 29.2 Å². The summed E-state index contributed by atoms with van der Waals surface area (Å²) in [4.78, 5) is 15.4. The number of benzene rings is 1. The van der Waals surface area contributed by atoms with Crippen molar-refractivity contribution in [3.05, 3.63) is 35.0 Å². The topological polar surface area (TPSA) is 136 Å². The molecule has 1 aromatic carbocycles. The molecule has 13 heteroatoms. The highest BCUT2D eigenvalue weighted by Crippen LogP contribution is 2.39. The fourth-order valence-electron chi connectivity index (χ4n) is 5.37. The standard InChI is InChI=1S/C27H34ClN5O6S/c1-18-13-25(33(31-18)19-5-9-38-10-6-19)32-16-21(15-23(32)26(34)30-27(17-29)7-8-27)40(35,36)24-4-3-20(14-22(24)28)39-12-11-37-2/h3-4,13-14,19,21,23H,5-12,15-16H2,1-2H3,(H,30,34). The van der Waals surface area contributed by atoms with Gasteiger partial charge in [-0.25, -0.2) is 13.1 Å². The van der Waals surface area contributed by atoms with Crippen LogP contribution in [0.4, 0.5) is 5.82 Å². The van der Waals surface area contributed by atoms with Crippen molar-refractivity contribution >= 4 is 33.2 Å². The molecule has 0 radical (unpaired) electrons. The van der Waals surface area contributed by atoms with Crippen LogP contribution in [-0.2, 0) is 24.1 Å². The summed E-state index contributed by atoms with van der Waals surface area (Å²) >= 11 is 6.46. The maximum atomic E-state index is 13.9. The Bertz CT molecular complexity index is 1400. The van der Waals surface area contributed by atoms with Crippen molar-refractivity contribution in [3.63, 3.8) is 0 Å². The molecule has 3 fully saturated rings. The number of ether oxygens (including phenoxy) is 3. The second kappa shape index (κ2) is 11.6. The third-order valence-corrected chi connectivity index (χ3v) is 10.4. The second-order valence-electron chi connectivity index (χ2n) is 10.6. The van der Waals surface area contributed by atoms with Crippen LogP contribution in [0.5, 0.6) is 5.75 Å². The number of hydrogen-bond donors (Lipinski definition) is 1. The summed E-state index contributed by atoms with van der Waals surface area (Å²) in [5, 5.41) is 16.3. The van der Waals surface area contributed by atoms with E-state index in [4.69, 9.17) is 30.9 Å². The predicted molar refractivity (Wildman–Crippen MR) is 147 cm³/mol. The third-order valence-electron chi connectivity index (χ3n) is 7.77. The lowest BCUT2D eigenvalue weighted by Crippen LogP contribution is -2.48. The van der Waals surface area contributed by atoms with Gasteiger partial charge < -0.3 is 24.4 Å². The Morgan fingerprint density at radius 1 is 1.27 bits per heavy atom. The van der Waals surface area contributed by atoms with E-state index in [2.05, 4.69) is 11.4 Å². The van der Waals surface area contributed by atoms with Gasteiger partial charge in [-0.05, 0) is 51.2 Å². The first-order valence-electron chi connectivity index (χ1n) is 13.5. The number of nitrogens with one attached hydrogen (secondary N) is 1. The van der Waals surface area contributed by atoms with E-state index in [1.807, 2.05) is 22.6 Å². The van der Waals surface area contributed by atoms with Crippen molar-refractivity contribution in [1.82, 2.24) is 15.1 Å². The van der Waals surface area contributed by atoms with Gasteiger partial charge in [-0.1, -0.05) is 11.6 Å². The van der Waals surface area contributed by atoms with Crippen molar-refractivity contribution < 1.29 is 27.4 Å². The largest absolute Gasteiger partial charge is 0.491 e. The second-order valence-corrected chi connectivity index (χ2v) is 13.2. The van der Waals surface area contributed by atoms with Gasteiger partial charge in [-0.3, -0.25) is 4.79 Å². The molecule has 3 heterocycles. The number of nitrogens with zero attached hydrogens (tertiary/aromatic N) is 4. The summed E-state index contributed by atoms with van der Waals surface area (Å²) in [6.07, 6.45) is 2.75. The lowest BCUT2D eigenvalue weighted by Gasteiger charge is -2.30. The number of aromatic nitrogens is 2. The first kappa shape index (κ1) is 28.7. The smallest absolute Gasteiger partial charge is 0.244 e. The normalized spacial score (nSPS) is 22.6. The molecule has 40 heavy (non-hydrogen) atoms. The molecular weight excluding hydrogens is 558 g/mol. The molecule has 2 unspecified atom stereocenters. The number of anilines is 1. The third kappa shape index (κ3) is 5.79. The number of amides is 1. The van der Waals surface area contributed by atoms with Gasteiger partial charge in [0.25, 0.3) is 0 Å². The average Bonchev–Trinajstić information content (AvgIpc) is 3.37. The van der Waals surface area contributed by atoms with Gasteiger partial charge in [-0.2, -0.15) is 10.4 Å². The molecule has 1 amide bonds. The number of halogens is 1. The summed E-state index contributed by atoms with van der Waals surface area (Å²) < 4.78 is 45.8. The molecule has 1 aliphatic carbocycles. The molecule has 1 aromatic heterocycles. The number of carbonyl (C=O) groups is 1. The maximum absolute atomic E-state index is 13.9. The zero-order valence-electron chi connectivity index (χ0n) is 22.6. The Morgan fingerprint density at radius 2 is 2.02 bits per heavy atom. The van der Waals surface area contributed by atoms with E-state index in [0.29, 0.717) is 50.8 Å². The van der Waals surface area contributed by atoms with E-state index < -0.39 is 26.7 Å². The van der Waals surface area contributed by atoms with E-state index in [1.165, 1.54) is 12.1 Å². The van der Waals surface area contributed by atoms with Crippen molar-refractivity contribution in [2.75, 3.05) is 45.0 Å². The molecule has 2 aromatic rings. The van der Waals surface area contributed by atoms with E-state index in [-0.39, 0.29) is 34.8 Å². The van der Waals surface area contributed by atoms with Crippen LogP contribution in [0.2, 0.25) is 5.02 Å². The highest BCUT2D eigenvalue weighted by molar-refractivity contribution is 7.92. The van der Waals surface area contributed by atoms with Crippen molar-refractivity contribution in [2.24, 2.45) is 0 Å². The van der Waals surface area contributed by atoms with Crippen molar-refractivity contribution in [2.45, 2.75) is 66.8 Å². The van der Waals surface area contributed by atoms with Crippen LogP contribution in [0.1, 0.15) is 43.8 Å². The van der Waals surface area contributed by atoms with E-state index in [1.54, 1.807) is 13.2 Å². The zero-order valence-corrected chi connectivity index (χ0v) is 24.2. The minimum atomic E-state index is -3.93. The Morgan fingerprint density at radius 3 is 2.67 bits per heavy atom. The van der Waals surface area contributed by atoms with E-state index in [0.717, 1.165) is 18.5 Å². The lowest BCUT2D eigenvalue weighted by atomic mass is 10.1. The minimum absolute atomic E-state index is 0.0101. The van der Waals surface area contributed by atoms with Gasteiger partial charge in [0.2, 0.25) is 5.91 Å². The Hall–Kier alpha value is -2.85. The molecule has 216 valence electrons. The Kier molecular flexibility index (Phi) is 8.29. The molecule has 2 aliphatic heterocycles. The lowest BCUT2D eigenvalue weighted by molar-refractivity contribution is -0.122. The SMILES string of the molecule is COCCOc1ccc(S(=O)(=O)C2CC(C(=O)NC3(C#N)CC3)N(c3cc(C)nn3C3CCOCC3)C2)c(Cl)c1. The molecule has 2 saturated heterocycles. The van der Waals surface area contributed by atoms with Gasteiger partial charge in [-0.15, -0.1) is 0 Å². The predicted octanol–water partition coefficient (Wildman–Crippen LogP) is 2.82. The van der Waals surface area contributed by atoms with Crippen LogP contribution < -0.4 is 15.0 Å². The zero-order chi connectivity index (χ0) is 28.5. The highest BCUT2D eigenvalue weighted by atomic mass is 35.5. The number of hydrogen-bond acceptors (Lipinski definition) is 9. The summed E-state index contributed by atoms with van der Waals surface area (Å²) in [5.41, 5.74) is -0.104. The van der Waals surface area contributed by atoms with Crippen LogP contribution in [0.25, 0.3) is 0 Å². The molecule has 11 nitrogen and oxygen atoms in total. The molecular formula is C27H34ClN5O6S. The molecule has 2 atom stereocenters. The number of methoxy groups -OCH3 is 1. The number of nitriles is 1. The van der Waals surface area contributed by atoms with Gasteiger partial charge in [0.15, 0.2) is 9.84 Å². The maximum Gasteiger partial charge on any atom is 0.244 e. The number of sulfone groups is 1. The van der Waals surface area contributed by atoms with E-state index >= 15 is 0 Å². The van der Waals surface area contributed by atoms with Gasteiger partial charge in [0.1, 0.15) is 29.8 Å². The van der Waals surface area contributed by atoms with Gasteiger partial charge in [0.05, 0.1) is 39.6 Å². The minimum Gasteiger partial charge on any atom is -0.491 e. The van der Waals surface area contributed by atoms with Crippen LogP contribution in [0, 0.1) is 18.3 Å². The fraction of sp³-hybridized carbons (Fsp3) is 0.593. The molecule has 3 aliphatic rings. The number of carbonyl (C=O) groups excluding carboxylic acids is 1. The summed E-state index contributed by atoms with van der Waals surface area (Å²) in [5.74, 6) is 0.771. The molecule has 0 bridgehead atoms. The quantitative estimate of drug-likeness (QED) is 0.414. The van der Waals surface area contributed by atoms with Crippen LogP contribution in [0.3, 0.4) is 0 Å². The average molecular weight is 592 g/mol. The highest BCUT2D eigenvalue weighted by Gasteiger charge is 2.50.